The van der Waals surface area contributed by atoms with Crippen LogP contribution < -0.4 is 10.6 Å². The number of anilines is 3. The van der Waals surface area contributed by atoms with E-state index < -0.39 is 35.4 Å². The van der Waals surface area contributed by atoms with E-state index in [0.29, 0.717) is 17.8 Å². The Balaban J connectivity index is 1.77. The highest BCUT2D eigenvalue weighted by molar-refractivity contribution is 5.52. The Morgan fingerprint density at radius 3 is 2.42 bits per heavy atom. The van der Waals surface area contributed by atoms with Crippen LogP contribution in [0.15, 0.2) is 30.7 Å². The molecule has 3 N–H and O–H groups in total. The van der Waals surface area contributed by atoms with Crippen LogP contribution in [-0.2, 0) is 6.54 Å². The first kappa shape index (κ1) is 15.7. The predicted octanol–water partition coefficient (Wildman–Crippen LogP) is 3.11. The van der Waals surface area contributed by atoms with Crippen LogP contribution in [0.4, 0.5) is 35.0 Å². The average Bonchev–Trinajstić information content (AvgIpc) is 3.02. The normalized spacial score (nSPS) is 10.7. The Kier molecular flexibility index (Phi) is 4.27. The Bertz CT molecular complexity index is 829. The van der Waals surface area contributed by atoms with Gasteiger partial charge in [-0.15, -0.1) is 0 Å². The fraction of sp³-hybridized carbons (Fsp3) is 0.0714. The number of hydrogen-bond donors (Lipinski definition) is 3. The molecule has 0 fully saturated rings. The third kappa shape index (κ3) is 3.42. The second kappa shape index (κ2) is 6.52. The molecule has 0 aliphatic carbocycles. The molecule has 3 rings (SSSR count). The first-order chi connectivity index (χ1) is 11.5. The smallest absolute Gasteiger partial charge is 0.229 e. The van der Waals surface area contributed by atoms with Crippen LogP contribution in [0.1, 0.15) is 5.56 Å². The van der Waals surface area contributed by atoms with Crippen molar-refractivity contribution < 1.29 is 17.6 Å². The summed E-state index contributed by atoms with van der Waals surface area (Å²) in [5.41, 5.74) is 0.113. The van der Waals surface area contributed by atoms with Crippen molar-refractivity contribution in [2.75, 3.05) is 10.6 Å². The molecule has 24 heavy (non-hydrogen) atoms. The van der Waals surface area contributed by atoms with Crippen molar-refractivity contribution in [3.8, 4) is 0 Å². The van der Waals surface area contributed by atoms with Gasteiger partial charge >= 0.3 is 0 Å². The number of aromatic amines is 1. The lowest BCUT2D eigenvalue weighted by molar-refractivity contribution is 0.526. The fourth-order valence-electron chi connectivity index (χ4n) is 1.91. The van der Waals surface area contributed by atoms with Gasteiger partial charge in [-0.05, 0) is 0 Å². The molecule has 3 aromatic rings. The second-order valence-corrected chi connectivity index (χ2v) is 4.70. The summed E-state index contributed by atoms with van der Waals surface area (Å²) in [4.78, 5) is 7.61. The Morgan fingerprint density at radius 1 is 1.00 bits per heavy atom. The van der Waals surface area contributed by atoms with Crippen LogP contribution in [0.2, 0.25) is 0 Å². The molecule has 0 atom stereocenters. The molecule has 124 valence electrons. The van der Waals surface area contributed by atoms with E-state index in [1.165, 1.54) is 12.4 Å². The maximum absolute atomic E-state index is 13.7. The monoisotopic (exact) mass is 338 g/mol. The quantitative estimate of drug-likeness (QED) is 0.623. The number of benzene rings is 1. The molecule has 2 heterocycles. The van der Waals surface area contributed by atoms with Gasteiger partial charge in [0.1, 0.15) is 17.5 Å². The summed E-state index contributed by atoms with van der Waals surface area (Å²) < 4.78 is 53.8. The van der Waals surface area contributed by atoms with E-state index in [9.17, 15) is 17.6 Å². The van der Waals surface area contributed by atoms with Gasteiger partial charge in [0.15, 0.2) is 11.6 Å². The van der Waals surface area contributed by atoms with Crippen LogP contribution in [-0.4, -0.2) is 20.2 Å². The topological polar surface area (TPSA) is 78.5 Å². The van der Waals surface area contributed by atoms with Gasteiger partial charge in [-0.3, -0.25) is 5.10 Å². The lowest BCUT2D eigenvalue weighted by atomic mass is 10.2. The Morgan fingerprint density at radius 2 is 1.75 bits per heavy atom. The first-order valence-corrected chi connectivity index (χ1v) is 6.68. The van der Waals surface area contributed by atoms with E-state index in [1.807, 2.05) is 0 Å². The van der Waals surface area contributed by atoms with Gasteiger partial charge in [0.2, 0.25) is 5.95 Å². The third-order valence-electron chi connectivity index (χ3n) is 3.04. The number of H-pyrrole nitrogens is 1. The highest BCUT2D eigenvalue weighted by Crippen LogP contribution is 2.19. The van der Waals surface area contributed by atoms with Crippen molar-refractivity contribution in [2.24, 2.45) is 0 Å². The lowest BCUT2D eigenvalue weighted by Gasteiger charge is -2.10. The number of hydrogen-bond acceptors (Lipinski definition) is 5. The maximum atomic E-state index is 13.7. The van der Waals surface area contributed by atoms with Crippen molar-refractivity contribution >= 4 is 17.5 Å². The summed E-state index contributed by atoms with van der Waals surface area (Å²) in [6.45, 7) is -0.420. The van der Waals surface area contributed by atoms with E-state index in [4.69, 9.17) is 0 Å². The van der Waals surface area contributed by atoms with Gasteiger partial charge in [0.05, 0.1) is 18.1 Å². The van der Waals surface area contributed by atoms with Gasteiger partial charge in [-0.2, -0.15) is 10.1 Å². The Labute approximate surface area is 133 Å². The summed E-state index contributed by atoms with van der Waals surface area (Å²) in [5, 5.41) is 11.5. The molecular formula is C14H10F4N6. The molecule has 0 radical (unpaired) electrons. The largest absolute Gasteiger partial charge is 0.363 e. The number of nitrogens with one attached hydrogen (secondary N) is 3. The third-order valence-corrected chi connectivity index (χ3v) is 3.04. The summed E-state index contributed by atoms with van der Waals surface area (Å²) >= 11 is 0. The minimum Gasteiger partial charge on any atom is -0.363 e. The van der Waals surface area contributed by atoms with E-state index in [-0.39, 0.29) is 11.8 Å². The highest BCUT2D eigenvalue weighted by atomic mass is 19.1. The predicted molar refractivity (Wildman–Crippen MR) is 77.5 cm³/mol. The van der Waals surface area contributed by atoms with Crippen LogP contribution >= 0.6 is 0 Å². The van der Waals surface area contributed by atoms with Crippen molar-refractivity contribution in [1.29, 1.82) is 0 Å². The highest BCUT2D eigenvalue weighted by Gasteiger charge is 2.13. The molecule has 0 aliphatic heterocycles. The molecule has 0 bridgehead atoms. The maximum Gasteiger partial charge on any atom is 0.229 e. The molecule has 0 spiro atoms. The van der Waals surface area contributed by atoms with Crippen molar-refractivity contribution in [1.82, 2.24) is 20.2 Å². The molecule has 0 saturated heterocycles. The first-order valence-electron chi connectivity index (χ1n) is 6.68. The minimum absolute atomic E-state index is 0.0559. The van der Waals surface area contributed by atoms with Gasteiger partial charge in [0, 0.05) is 30.4 Å². The van der Waals surface area contributed by atoms with Crippen LogP contribution in [0, 0.1) is 23.3 Å². The molecule has 2 aromatic heterocycles. The van der Waals surface area contributed by atoms with Crippen molar-refractivity contribution in [3.63, 3.8) is 0 Å². The molecule has 0 saturated carbocycles. The SMILES string of the molecule is Fc1cc(F)c(CNc2nc(Nc3cn[nH]c3)ncc2F)c(F)c1. The molecule has 10 heteroatoms. The molecule has 6 nitrogen and oxygen atoms in total. The number of rotatable bonds is 5. The molecule has 1 aromatic carbocycles. The number of nitrogens with zero attached hydrogens (tertiary/aromatic N) is 3. The summed E-state index contributed by atoms with van der Waals surface area (Å²) in [5.74, 6) is -4.21. The van der Waals surface area contributed by atoms with Crippen LogP contribution in [0.25, 0.3) is 0 Å². The summed E-state index contributed by atoms with van der Waals surface area (Å²) in [7, 11) is 0. The van der Waals surface area contributed by atoms with Gasteiger partial charge in [0.25, 0.3) is 0 Å². The zero-order valence-electron chi connectivity index (χ0n) is 11.9. The zero-order valence-corrected chi connectivity index (χ0v) is 11.9. The summed E-state index contributed by atoms with van der Waals surface area (Å²) in [6.07, 6.45) is 3.89. The molecule has 0 amide bonds. The zero-order chi connectivity index (χ0) is 17.1. The van der Waals surface area contributed by atoms with Crippen molar-refractivity contribution in [2.45, 2.75) is 6.54 Å². The summed E-state index contributed by atoms with van der Waals surface area (Å²) in [6, 6.07) is 1.09. The van der Waals surface area contributed by atoms with Gasteiger partial charge < -0.3 is 10.6 Å². The van der Waals surface area contributed by atoms with Crippen LogP contribution in [0.3, 0.4) is 0 Å². The van der Waals surface area contributed by atoms with E-state index >= 15 is 0 Å². The fourth-order valence-corrected chi connectivity index (χ4v) is 1.91. The second-order valence-electron chi connectivity index (χ2n) is 4.70. The minimum atomic E-state index is -1.08. The molecule has 0 unspecified atom stereocenters. The number of aromatic nitrogens is 4. The average molecular weight is 338 g/mol. The lowest BCUT2D eigenvalue weighted by Crippen LogP contribution is -2.09. The molecule has 0 aliphatic rings. The Hall–Kier alpha value is -3.17. The van der Waals surface area contributed by atoms with Gasteiger partial charge in [-0.1, -0.05) is 0 Å². The number of halogens is 4. The van der Waals surface area contributed by atoms with E-state index in [2.05, 4.69) is 30.8 Å². The van der Waals surface area contributed by atoms with Crippen LogP contribution in [0.5, 0.6) is 0 Å². The van der Waals surface area contributed by atoms with Crippen molar-refractivity contribution in [3.05, 3.63) is 59.6 Å². The van der Waals surface area contributed by atoms with E-state index in [0.717, 1.165) is 6.20 Å². The molecular weight excluding hydrogens is 328 g/mol. The van der Waals surface area contributed by atoms with E-state index in [1.54, 1.807) is 0 Å². The standard InChI is InChI=1S/C14H10F4N6/c15-7-1-10(16)9(11(17)2-7)5-19-13-12(18)6-20-14(24-13)23-8-3-21-22-4-8/h1-4,6H,5H2,(H,21,22)(H2,19,20,23,24). The van der Waals surface area contributed by atoms with Gasteiger partial charge in [-0.25, -0.2) is 22.5 Å².